The molecule has 0 saturated carbocycles. The third kappa shape index (κ3) is 4.30. The molecule has 82 valence electrons. The second kappa shape index (κ2) is 5.72. The van der Waals surface area contributed by atoms with Gasteiger partial charge in [0.2, 0.25) is 5.91 Å². The van der Waals surface area contributed by atoms with Crippen molar-refractivity contribution >= 4 is 39.0 Å². The Morgan fingerprint density at radius 2 is 2.40 bits per heavy atom. The Kier molecular flexibility index (Phi) is 4.57. The fourth-order valence-corrected chi connectivity index (χ4v) is 2.32. The summed E-state index contributed by atoms with van der Waals surface area (Å²) in [6.07, 6.45) is -0.0942. The van der Waals surface area contributed by atoms with Crippen LogP contribution in [0.2, 0.25) is 0 Å². The third-order valence-corrected chi connectivity index (χ3v) is 3.18. The molecule has 0 bridgehead atoms. The standard InChI is InChI=1S/C8H10BrN3O2S/c9-6-2-1-5(15-6)4-11-8(13)3-7(10)12-14/h1-2,14H,3-4H2,(H2,10,12)(H,11,13). The highest BCUT2D eigenvalue weighted by atomic mass is 79.9. The molecule has 0 aliphatic rings. The lowest BCUT2D eigenvalue weighted by Crippen LogP contribution is -2.27. The predicted octanol–water partition coefficient (Wildman–Crippen LogP) is 1.26. The summed E-state index contributed by atoms with van der Waals surface area (Å²) in [7, 11) is 0. The topological polar surface area (TPSA) is 87.7 Å². The van der Waals surface area contributed by atoms with Crippen LogP contribution in [0, 0.1) is 0 Å². The van der Waals surface area contributed by atoms with E-state index in [0.29, 0.717) is 6.54 Å². The van der Waals surface area contributed by atoms with Crippen molar-refractivity contribution in [1.82, 2.24) is 5.32 Å². The fourth-order valence-electron chi connectivity index (χ4n) is 0.895. The molecular weight excluding hydrogens is 282 g/mol. The van der Waals surface area contributed by atoms with E-state index in [9.17, 15) is 4.79 Å². The average molecular weight is 292 g/mol. The number of nitrogens with one attached hydrogen (secondary N) is 1. The normalized spacial score (nSPS) is 11.4. The molecule has 1 amide bonds. The number of halogens is 1. The van der Waals surface area contributed by atoms with Crippen molar-refractivity contribution in [2.75, 3.05) is 0 Å². The maximum atomic E-state index is 11.2. The number of amides is 1. The third-order valence-electron chi connectivity index (χ3n) is 1.56. The highest BCUT2D eigenvalue weighted by Gasteiger charge is 2.05. The number of hydrogen-bond acceptors (Lipinski definition) is 4. The zero-order valence-corrected chi connectivity index (χ0v) is 10.1. The van der Waals surface area contributed by atoms with Crippen LogP contribution in [0.4, 0.5) is 0 Å². The maximum Gasteiger partial charge on any atom is 0.227 e. The summed E-state index contributed by atoms with van der Waals surface area (Å²) in [6, 6.07) is 3.83. The number of thiophene rings is 1. The SMILES string of the molecule is NC(CC(=O)NCc1ccc(Br)s1)=NO. The van der Waals surface area contributed by atoms with E-state index in [-0.39, 0.29) is 18.2 Å². The van der Waals surface area contributed by atoms with Gasteiger partial charge in [-0.1, -0.05) is 5.16 Å². The number of carbonyl (C=O) groups excluding carboxylic acids is 1. The molecule has 0 aliphatic heterocycles. The summed E-state index contributed by atoms with van der Waals surface area (Å²) in [6.45, 7) is 0.452. The first-order valence-electron chi connectivity index (χ1n) is 4.09. The quantitative estimate of drug-likeness (QED) is 0.338. The Bertz CT molecular complexity index is 378. The number of oxime groups is 1. The van der Waals surface area contributed by atoms with Crippen molar-refractivity contribution in [3.8, 4) is 0 Å². The largest absolute Gasteiger partial charge is 0.409 e. The minimum Gasteiger partial charge on any atom is -0.409 e. The number of rotatable bonds is 4. The smallest absolute Gasteiger partial charge is 0.227 e. The van der Waals surface area contributed by atoms with Crippen LogP contribution in [0.1, 0.15) is 11.3 Å². The van der Waals surface area contributed by atoms with Gasteiger partial charge in [0.15, 0.2) is 0 Å². The molecule has 1 heterocycles. The molecule has 0 radical (unpaired) electrons. The number of nitrogens with zero attached hydrogens (tertiary/aromatic N) is 1. The van der Waals surface area contributed by atoms with E-state index < -0.39 is 0 Å². The molecule has 0 fully saturated rings. The van der Waals surface area contributed by atoms with Crippen molar-refractivity contribution in [2.45, 2.75) is 13.0 Å². The van der Waals surface area contributed by atoms with Crippen molar-refractivity contribution in [1.29, 1.82) is 0 Å². The van der Waals surface area contributed by atoms with Gasteiger partial charge in [0.25, 0.3) is 0 Å². The van der Waals surface area contributed by atoms with E-state index in [0.717, 1.165) is 8.66 Å². The molecule has 0 saturated heterocycles. The minimum atomic E-state index is -0.269. The molecule has 5 nitrogen and oxygen atoms in total. The van der Waals surface area contributed by atoms with Gasteiger partial charge in [-0.3, -0.25) is 4.79 Å². The summed E-state index contributed by atoms with van der Waals surface area (Å²) in [5.74, 6) is -0.366. The van der Waals surface area contributed by atoms with E-state index in [2.05, 4.69) is 26.4 Å². The minimum absolute atomic E-state index is 0.0942. The Labute approximate surface area is 99.1 Å². The molecule has 4 N–H and O–H groups in total. The van der Waals surface area contributed by atoms with Crippen LogP contribution in [0.15, 0.2) is 21.1 Å². The van der Waals surface area contributed by atoms with E-state index in [4.69, 9.17) is 10.9 Å². The monoisotopic (exact) mass is 291 g/mol. The number of carbonyl (C=O) groups is 1. The van der Waals surface area contributed by atoms with Crippen molar-refractivity contribution in [3.63, 3.8) is 0 Å². The van der Waals surface area contributed by atoms with Gasteiger partial charge in [0.1, 0.15) is 5.84 Å². The summed E-state index contributed by atoms with van der Waals surface area (Å²) < 4.78 is 1.02. The second-order valence-corrected chi connectivity index (χ2v) is 5.30. The molecule has 1 rings (SSSR count). The van der Waals surface area contributed by atoms with Gasteiger partial charge in [0, 0.05) is 4.88 Å². The van der Waals surface area contributed by atoms with Gasteiger partial charge in [-0.05, 0) is 28.1 Å². The van der Waals surface area contributed by atoms with Crippen LogP contribution in [0.3, 0.4) is 0 Å². The summed E-state index contributed by atoms with van der Waals surface area (Å²) in [4.78, 5) is 12.2. The molecule has 0 aliphatic carbocycles. The summed E-state index contributed by atoms with van der Waals surface area (Å²) in [5, 5.41) is 13.6. The van der Waals surface area contributed by atoms with Gasteiger partial charge in [-0.15, -0.1) is 11.3 Å². The molecular formula is C8H10BrN3O2S. The Hall–Kier alpha value is -1.08. The molecule has 0 atom stereocenters. The average Bonchev–Trinajstić information content (AvgIpc) is 2.61. The van der Waals surface area contributed by atoms with Crippen molar-refractivity contribution in [2.24, 2.45) is 10.9 Å². The van der Waals surface area contributed by atoms with Crippen LogP contribution in [-0.4, -0.2) is 17.0 Å². The van der Waals surface area contributed by atoms with Gasteiger partial charge in [-0.2, -0.15) is 0 Å². The van der Waals surface area contributed by atoms with Gasteiger partial charge in [0.05, 0.1) is 16.8 Å². The van der Waals surface area contributed by atoms with E-state index in [1.54, 1.807) is 11.3 Å². The molecule has 15 heavy (non-hydrogen) atoms. The van der Waals surface area contributed by atoms with Crippen LogP contribution in [0.25, 0.3) is 0 Å². The first kappa shape index (κ1) is 12.0. The van der Waals surface area contributed by atoms with Crippen LogP contribution < -0.4 is 11.1 Å². The zero-order chi connectivity index (χ0) is 11.3. The number of hydrogen-bond donors (Lipinski definition) is 3. The highest BCUT2D eigenvalue weighted by Crippen LogP contribution is 2.21. The fraction of sp³-hybridized carbons (Fsp3) is 0.250. The van der Waals surface area contributed by atoms with Crippen molar-refractivity contribution in [3.05, 3.63) is 20.8 Å². The molecule has 1 aromatic rings. The predicted molar refractivity (Wildman–Crippen MR) is 61.9 cm³/mol. The number of amidine groups is 1. The van der Waals surface area contributed by atoms with E-state index >= 15 is 0 Å². The lowest BCUT2D eigenvalue weighted by atomic mass is 10.3. The van der Waals surface area contributed by atoms with Crippen molar-refractivity contribution < 1.29 is 10.0 Å². The number of nitrogens with two attached hydrogens (primary N) is 1. The molecule has 0 spiro atoms. The maximum absolute atomic E-state index is 11.2. The van der Waals surface area contributed by atoms with Crippen LogP contribution >= 0.6 is 27.3 Å². The second-order valence-electron chi connectivity index (χ2n) is 2.75. The molecule has 1 aromatic heterocycles. The Morgan fingerprint density at radius 3 is 2.93 bits per heavy atom. The first-order valence-corrected chi connectivity index (χ1v) is 5.70. The van der Waals surface area contributed by atoms with Gasteiger partial charge in [-0.25, -0.2) is 0 Å². The molecule has 7 heteroatoms. The molecule has 0 aromatic carbocycles. The Morgan fingerprint density at radius 1 is 1.67 bits per heavy atom. The highest BCUT2D eigenvalue weighted by molar-refractivity contribution is 9.11. The van der Waals surface area contributed by atoms with E-state index in [1.807, 2.05) is 12.1 Å². The van der Waals surface area contributed by atoms with Gasteiger partial charge < -0.3 is 16.3 Å². The van der Waals surface area contributed by atoms with E-state index in [1.165, 1.54) is 0 Å². The summed E-state index contributed by atoms with van der Waals surface area (Å²) >= 11 is 4.87. The molecule has 0 unspecified atom stereocenters. The lowest BCUT2D eigenvalue weighted by molar-refractivity contribution is -0.120. The van der Waals surface area contributed by atoms with Gasteiger partial charge >= 0.3 is 0 Å². The summed E-state index contributed by atoms with van der Waals surface area (Å²) in [5.41, 5.74) is 5.18. The lowest BCUT2D eigenvalue weighted by Gasteiger charge is -2.01. The van der Waals surface area contributed by atoms with Crippen LogP contribution in [0.5, 0.6) is 0 Å². The van der Waals surface area contributed by atoms with Crippen LogP contribution in [-0.2, 0) is 11.3 Å². The zero-order valence-electron chi connectivity index (χ0n) is 7.74. The Balaban J connectivity index is 2.34. The first-order chi connectivity index (χ1) is 7.11.